The summed E-state index contributed by atoms with van der Waals surface area (Å²) in [5, 5.41) is 0. The molecule has 3 heteroatoms. The maximum absolute atomic E-state index is 12.1. The Bertz CT molecular complexity index is 200. The van der Waals surface area contributed by atoms with Gasteiger partial charge in [-0.2, -0.15) is 0 Å². The van der Waals surface area contributed by atoms with Crippen LogP contribution in [0.3, 0.4) is 0 Å². The van der Waals surface area contributed by atoms with Crippen LogP contribution in [0, 0.1) is 11.8 Å². The molecule has 0 rings (SSSR count). The molecule has 0 radical (unpaired) electrons. The number of nitrogens with two attached hydrogens (primary N) is 1. The summed E-state index contributed by atoms with van der Waals surface area (Å²) in [5.41, 5.74) is 5.88. The standard InChI is InChI=1S/C12H26N2O/c1-8(2)7-14(10(5)6)12(15)11(13)9(3)4/h8-11H,7,13H2,1-6H3. The van der Waals surface area contributed by atoms with Crippen LogP contribution in [0.1, 0.15) is 41.5 Å². The predicted octanol–water partition coefficient (Wildman–Crippen LogP) is 1.86. The molecule has 15 heavy (non-hydrogen) atoms. The highest BCUT2D eigenvalue weighted by Gasteiger charge is 2.25. The quantitative estimate of drug-likeness (QED) is 0.759. The van der Waals surface area contributed by atoms with Gasteiger partial charge in [-0.3, -0.25) is 4.79 Å². The first-order chi connectivity index (χ1) is 6.77. The molecule has 3 nitrogen and oxygen atoms in total. The Morgan fingerprint density at radius 1 is 1.13 bits per heavy atom. The van der Waals surface area contributed by atoms with Gasteiger partial charge in [0.1, 0.15) is 0 Å². The highest BCUT2D eigenvalue weighted by molar-refractivity contribution is 5.82. The van der Waals surface area contributed by atoms with Crippen molar-refractivity contribution in [2.75, 3.05) is 6.54 Å². The van der Waals surface area contributed by atoms with Crippen LogP contribution >= 0.6 is 0 Å². The minimum absolute atomic E-state index is 0.0775. The van der Waals surface area contributed by atoms with Crippen LogP contribution in [-0.2, 0) is 4.79 Å². The van der Waals surface area contributed by atoms with Crippen molar-refractivity contribution in [3.8, 4) is 0 Å². The Labute approximate surface area is 94.0 Å². The van der Waals surface area contributed by atoms with Gasteiger partial charge in [0, 0.05) is 12.6 Å². The molecule has 0 saturated heterocycles. The number of amides is 1. The van der Waals surface area contributed by atoms with Gasteiger partial charge in [-0.15, -0.1) is 0 Å². The fourth-order valence-electron chi connectivity index (χ4n) is 1.43. The molecule has 2 N–H and O–H groups in total. The van der Waals surface area contributed by atoms with Crippen molar-refractivity contribution < 1.29 is 4.79 Å². The zero-order valence-electron chi connectivity index (χ0n) is 10.9. The van der Waals surface area contributed by atoms with Crippen LogP contribution in [0.5, 0.6) is 0 Å². The molecule has 0 aromatic carbocycles. The Balaban J connectivity index is 4.55. The highest BCUT2D eigenvalue weighted by atomic mass is 16.2. The monoisotopic (exact) mass is 214 g/mol. The smallest absolute Gasteiger partial charge is 0.239 e. The summed E-state index contributed by atoms with van der Waals surface area (Å²) in [5.74, 6) is 0.760. The summed E-state index contributed by atoms with van der Waals surface area (Å²) in [6.07, 6.45) is 0. The Morgan fingerprint density at radius 3 is 1.87 bits per heavy atom. The van der Waals surface area contributed by atoms with Crippen molar-refractivity contribution in [1.82, 2.24) is 4.90 Å². The first-order valence-electron chi connectivity index (χ1n) is 5.83. The SMILES string of the molecule is CC(C)CN(C(=O)C(N)C(C)C)C(C)C. The molecule has 1 unspecified atom stereocenters. The number of hydrogen-bond acceptors (Lipinski definition) is 2. The summed E-state index contributed by atoms with van der Waals surface area (Å²) >= 11 is 0. The van der Waals surface area contributed by atoms with E-state index < -0.39 is 0 Å². The third-order valence-corrected chi connectivity index (χ3v) is 2.47. The molecule has 0 fully saturated rings. The van der Waals surface area contributed by atoms with Gasteiger partial charge in [-0.25, -0.2) is 0 Å². The van der Waals surface area contributed by atoms with E-state index in [4.69, 9.17) is 5.73 Å². The lowest BCUT2D eigenvalue weighted by atomic mass is 10.0. The minimum Gasteiger partial charge on any atom is -0.339 e. The zero-order valence-corrected chi connectivity index (χ0v) is 10.9. The molecule has 90 valence electrons. The molecule has 0 aliphatic rings. The van der Waals surface area contributed by atoms with Crippen LogP contribution in [0.15, 0.2) is 0 Å². The fourth-order valence-corrected chi connectivity index (χ4v) is 1.43. The van der Waals surface area contributed by atoms with Crippen molar-refractivity contribution in [2.45, 2.75) is 53.6 Å². The average molecular weight is 214 g/mol. The molecule has 0 heterocycles. The lowest BCUT2D eigenvalue weighted by Gasteiger charge is -2.32. The minimum atomic E-state index is -0.369. The second kappa shape index (κ2) is 6.11. The van der Waals surface area contributed by atoms with E-state index >= 15 is 0 Å². The van der Waals surface area contributed by atoms with Gasteiger partial charge in [0.15, 0.2) is 0 Å². The number of nitrogens with zero attached hydrogens (tertiary/aromatic N) is 1. The molecular formula is C12H26N2O. The van der Waals surface area contributed by atoms with Gasteiger partial charge in [0.2, 0.25) is 5.91 Å². The summed E-state index contributed by atoms with van der Waals surface area (Å²) in [6, 6.07) is -0.143. The first-order valence-corrected chi connectivity index (χ1v) is 5.83. The molecule has 0 aromatic heterocycles. The molecular weight excluding hydrogens is 188 g/mol. The maximum Gasteiger partial charge on any atom is 0.239 e. The van der Waals surface area contributed by atoms with Gasteiger partial charge < -0.3 is 10.6 Å². The summed E-state index contributed by atoms with van der Waals surface area (Å²) in [4.78, 5) is 13.9. The number of carbonyl (C=O) groups excluding carboxylic acids is 1. The summed E-state index contributed by atoms with van der Waals surface area (Å²) < 4.78 is 0. The van der Waals surface area contributed by atoms with E-state index in [2.05, 4.69) is 13.8 Å². The van der Waals surface area contributed by atoms with Crippen LogP contribution in [0.25, 0.3) is 0 Å². The van der Waals surface area contributed by atoms with E-state index in [1.165, 1.54) is 0 Å². The summed E-state index contributed by atoms with van der Waals surface area (Å²) in [6.45, 7) is 13.1. The molecule has 1 amide bonds. The second-order valence-corrected chi connectivity index (χ2v) is 5.25. The van der Waals surface area contributed by atoms with E-state index in [1.54, 1.807) is 0 Å². The first kappa shape index (κ1) is 14.4. The maximum atomic E-state index is 12.1. The number of carbonyl (C=O) groups is 1. The van der Waals surface area contributed by atoms with Crippen LogP contribution in [-0.4, -0.2) is 29.4 Å². The Hall–Kier alpha value is -0.570. The fraction of sp³-hybridized carbons (Fsp3) is 0.917. The molecule has 0 aromatic rings. The zero-order chi connectivity index (χ0) is 12.2. The van der Waals surface area contributed by atoms with Gasteiger partial charge in [0.25, 0.3) is 0 Å². The molecule has 0 bridgehead atoms. The molecule has 1 atom stereocenters. The van der Waals surface area contributed by atoms with E-state index in [0.717, 1.165) is 6.54 Å². The van der Waals surface area contributed by atoms with Gasteiger partial charge >= 0.3 is 0 Å². The normalized spacial score (nSPS) is 13.7. The Morgan fingerprint density at radius 2 is 1.60 bits per heavy atom. The van der Waals surface area contributed by atoms with Crippen molar-refractivity contribution in [2.24, 2.45) is 17.6 Å². The third-order valence-electron chi connectivity index (χ3n) is 2.47. The van der Waals surface area contributed by atoms with Crippen molar-refractivity contribution in [3.05, 3.63) is 0 Å². The number of rotatable bonds is 5. The largest absolute Gasteiger partial charge is 0.339 e. The lowest BCUT2D eigenvalue weighted by Crippen LogP contribution is -2.50. The molecule has 0 aliphatic carbocycles. The molecule has 0 aliphatic heterocycles. The predicted molar refractivity (Wildman–Crippen MR) is 64.5 cm³/mol. The van der Waals surface area contributed by atoms with Gasteiger partial charge in [-0.05, 0) is 25.7 Å². The highest BCUT2D eigenvalue weighted by Crippen LogP contribution is 2.09. The van der Waals surface area contributed by atoms with Crippen LogP contribution < -0.4 is 5.73 Å². The van der Waals surface area contributed by atoms with Gasteiger partial charge in [-0.1, -0.05) is 27.7 Å². The average Bonchev–Trinajstić information content (AvgIpc) is 2.10. The summed E-state index contributed by atoms with van der Waals surface area (Å²) in [7, 11) is 0. The molecule has 0 saturated carbocycles. The second-order valence-electron chi connectivity index (χ2n) is 5.25. The third kappa shape index (κ3) is 4.65. The lowest BCUT2D eigenvalue weighted by molar-refractivity contribution is -0.135. The van der Waals surface area contributed by atoms with Crippen molar-refractivity contribution in [3.63, 3.8) is 0 Å². The van der Waals surface area contributed by atoms with Crippen LogP contribution in [0.2, 0.25) is 0 Å². The molecule has 0 spiro atoms. The van der Waals surface area contributed by atoms with Crippen molar-refractivity contribution in [1.29, 1.82) is 0 Å². The van der Waals surface area contributed by atoms with Gasteiger partial charge in [0.05, 0.1) is 6.04 Å². The topological polar surface area (TPSA) is 46.3 Å². The van der Waals surface area contributed by atoms with E-state index in [1.807, 2.05) is 32.6 Å². The van der Waals surface area contributed by atoms with Crippen molar-refractivity contribution >= 4 is 5.91 Å². The van der Waals surface area contributed by atoms with Crippen LogP contribution in [0.4, 0.5) is 0 Å². The van der Waals surface area contributed by atoms with E-state index in [-0.39, 0.29) is 23.9 Å². The number of hydrogen-bond donors (Lipinski definition) is 1. The van der Waals surface area contributed by atoms with E-state index in [0.29, 0.717) is 5.92 Å². The van der Waals surface area contributed by atoms with E-state index in [9.17, 15) is 4.79 Å². The Kier molecular flexibility index (Phi) is 5.88.